The number of carbonyl (C=O) groups excluding carboxylic acids is 1. The Bertz CT molecular complexity index is 125. The van der Waals surface area contributed by atoms with Crippen LogP contribution in [0.2, 0.25) is 0 Å². The van der Waals surface area contributed by atoms with Crippen LogP contribution < -0.4 is 0 Å². The molecule has 0 aliphatic rings. The number of hydrogen-bond acceptors (Lipinski definition) is 2. The van der Waals surface area contributed by atoms with Crippen LogP contribution in [-0.4, -0.2) is 21.0 Å². The lowest BCUT2D eigenvalue weighted by Gasteiger charge is -2.14. The highest BCUT2D eigenvalue weighted by atomic mass is 16.7. The summed E-state index contributed by atoms with van der Waals surface area (Å²) in [7, 11) is 3.04. The summed E-state index contributed by atoms with van der Waals surface area (Å²) in [5.74, 6) is 0.638. The first-order valence-corrected chi connectivity index (χ1v) is 2.79. The molecular formula is C7H12O3. The fourth-order valence-electron chi connectivity index (χ4n) is 0.409. The Morgan fingerprint density at radius 1 is 1.50 bits per heavy atom. The predicted molar refractivity (Wildman–Crippen MR) is 38.1 cm³/mol. The summed E-state index contributed by atoms with van der Waals surface area (Å²) in [5, 5.41) is 0. The van der Waals surface area contributed by atoms with Crippen LogP contribution in [0.5, 0.6) is 0 Å². The zero-order valence-corrected chi connectivity index (χ0v) is 6.51. The fourth-order valence-corrected chi connectivity index (χ4v) is 0.409. The maximum atomic E-state index is 4.78. The van der Waals surface area contributed by atoms with Crippen LogP contribution in [0.4, 0.5) is 0 Å². The van der Waals surface area contributed by atoms with Gasteiger partial charge in [0, 0.05) is 20.5 Å². The van der Waals surface area contributed by atoms with Crippen LogP contribution >= 0.6 is 0 Å². The highest BCUT2D eigenvalue weighted by Crippen LogP contribution is 2.05. The van der Waals surface area contributed by atoms with E-state index in [1.807, 2.05) is 0 Å². The Kier molecular flexibility index (Phi) is 4.62. The average molecular weight is 144 g/mol. The third-order valence-corrected chi connectivity index (χ3v) is 0.951. The molecule has 58 valence electrons. The fraction of sp³-hybridized carbons (Fsp3) is 0.429. The van der Waals surface area contributed by atoms with Gasteiger partial charge >= 0.3 is 0 Å². The molecule has 0 unspecified atom stereocenters. The van der Waals surface area contributed by atoms with Crippen LogP contribution in [0, 0.1) is 6.29 Å². The van der Waals surface area contributed by atoms with Gasteiger partial charge in [0.2, 0.25) is 0 Å². The third kappa shape index (κ3) is 3.27. The molecule has 0 spiro atoms. The minimum atomic E-state index is 0.404. The van der Waals surface area contributed by atoms with Crippen molar-refractivity contribution in [3.63, 3.8) is 0 Å². The van der Waals surface area contributed by atoms with Crippen LogP contribution in [0.3, 0.4) is 0 Å². The van der Waals surface area contributed by atoms with Crippen molar-refractivity contribution in [2.24, 2.45) is 0 Å². The Morgan fingerprint density at radius 3 is 2.30 bits per heavy atom. The molecule has 0 aliphatic heterocycles. The zero-order chi connectivity index (χ0) is 7.98. The van der Waals surface area contributed by atoms with Crippen LogP contribution in [0.1, 0.15) is 6.92 Å². The SMILES string of the molecule is C=[O+]C(C)=C[C-](OC)OC. The molecule has 10 heavy (non-hydrogen) atoms. The maximum absolute atomic E-state index is 4.78. The molecule has 0 rings (SSSR count). The van der Waals surface area contributed by atoms with E-state index in [4.69, 9.17) is 9.47 Å². The topological polar surface area (TPSA) is 29.8 Å². The Hall–Kier alpha value is -0.800. The molecule has 0 aromatic rings. The van der Waals surface area contributed by atoms with Crippen LogP contribution in [-0.2, 0) is 13.9 Å². The molecule has 0 atom stereocenters. The van der Waals surface area contributed by atoms with Gasteiger partial charge in [-0.2, -0.15) is 0 Å². The number of allylic oxidation sites excluding steroid dienone is 1. The van der Waals surface area contributed by atoms with Gasteiger partial charge in [0.25, 0.3) is 6.79 Å². The van der Waals surface area contributed by atoms with E-state index in [1.165, 1.54) is 14.2 Å². The Morgan fingerprint density at radius 2 is 2.00 bits per heavy atom. The minimum absolute atomic E-state index is 0.404. The third-order valence-electron chi connectivity index (χ3n) is 0.951. The van der Waals surface area contributed by atoms with Gasteiger partial charge in [0.05, 0.1) is 0 Å². The van der Waals surface area contributed by atoms with E-state index in [1.54, 1.807) is 13.0 Å². The van der Waals surface area contributed by atoms with Gasteiger partial charge in [0.15, 0.2) is 5.76 Å². The highest BCUT2D eigenvalue weighted by Gasteiger charge is 1.92. The molecule has 3 nitrogen and oxygen atoms in total. The molecule has 3 heteroatoms. The summed E-state index contributed by atoms with van der Waals surface area (Å²) in [6.07, 6.45) is 2.01. The van der Waals surface area contributed by atoms with E-state index in [0.29, 0.717) is 12.0 Å². The first-order chi connectivity index (χ1) is 4.74. The number of ether oxygens (including phenoxy) is 2. The number of methoxy groups -OCH3 is 2. The van der Waals surface area contributed by atoms with Gasteiger partial charge < -0.3 is 13.9 Å². The smallest absolute Gasteiger partial charge is 0.257 e. The molecule has 0 fully saturated rings. The normalized spacial score (nSPS) is 11.3. The Balaban J connectivity index is 3.92. The van der Waals surface area contributed by atoms with E-state index >= 15 is 0 Å². The van der Waals surface area contributed by atoms with Crippen LogP contribution in [0.15, 0.2) is 11.8 Å². The second-order valence-corrected chi connectivity index (χ2v) is 1.63. The molecule has 0 aliphatic carbocycles. The van der Waals surface area contributed by atoms with Gasteiger partial charge in [0.1, 0.15) is 0 Å². The lowest BCUT2D eigenvalue weighted by molar-refractivity contribution is -0.386. The largest absolute Gasteiger partial charge is 0.416 e. The molecule has 0 saturated carbocycles. The lowest BCUT2D eigenvalue weighted by atomic mass is 10.5. The van der Waals surface area contributed by atoms with E-state index in [-0.39, 0.29) is 0 Å². The first kappa shape index (κ1) is 9.20. The van der Waals surface area contributed by atoms with Gasteiger partial charge in [-0.05, 0) is 6.92 Å². The van der Waals surface area contributed by atoms with Gasteiger partial charge in [-0.15, -0.1) is 0 Å². The summed E-state index contributed by atoms with van der Waals surface area (Å²) in [6, 6.07) is 0. The van der Waals surface area contributed by atoms with Crippen molar-refractivity contribution in [2.45, 2.75) is 6.92 Å². The Labute approximate surface area is 60.9 Å². The first-order valence-electron chi connectivity index (χ1n) is 2.79. The van der Waals surface area contributed by atoms with E-state index in [9.17, 15) is 0 Å². The second-order valence-electron chi connectivity index (χ2n) is 1.63. The van der Waals surface area contributed by atoms with Crippen molar-refractivity contribution in [2.75, 3.05) is 14.2 Å². The number of hydrogen-bond donors (Lipinski definition) is 0. The van der Waals surface area contributed by atoms with Crippen molar-refractivity contribution in [1.29, 1.82) is 0 Å². The van der Waals surface area contributed by atoms with Crippen LogP contribution in [0.25, 0.3) is 0 Å². The van der Waals surface area contributed by atoms with Crippen molar-refractivity contribution in [1.82, 2.24) is 0 Å². The summed E-state index contributed by atoms with van der Waals surface area (Å²) < 4.78 is 14.2. The summed E-state index contributed by atoms with van der Waals surface area (Å²) >= 11 is 0. The van der Waals surface area contributed by atoms with Crippen molar-refractivity contribution < 1.29 is 13.9 Å². The number of rotatable bonds is 4. The molecule has 0 saturated heterocycles. The van der Waals surface area contributed by atoms with Gasteiger partial charge in [-0.3, -0.25) is 0 Å². The average Bonchev–Trinajstić information content (AvgIpc) is 1.99. The molecule has 0 aromatic heterocycles. The minimum Gasteiger partial charge on any atom is -0.416 e. The van der Waals surface area contributed by atoms with E-state index in [2.05, 4.69) is 11.2 Å². The zero-order valence-electron chi connectivity index (χ0n) is 6.51. The van der Waals surface area contributed by atoms with E-state index < -0.39 is 0 Å². The van der Waals surface area contributed by atoms with Gasteiger partial charge in [-0.25, -0.2) is 0 Å². The summed E-state index contributed by atoms with van der Waals surface area (Å²) in [5.41, 5.74) is 0. The molecule has 0 N–H and O–H groups in total. The molecule has 0 heterocycles. The van der Waals surface area contributed by atoms with E-state index in [0.717, 1.165) is 0 Å². The molecule has 0 bridgehead atoms. The van der Waals surface area contributed by atoms with Crippen molar-refractivity contribution >= 4 is 6.79 Å². The quantitative estimate of drug-likeness (QED) is 0.335. The monoisotopic (exact) mass is 144 g/mol. The molecule has 0 aromatic carbocycles. The molecule has 0 amide bonds. The summed E-state index contributed by atoms with van der Waals surface area (Å²) in [6.45, 7) is 4.97. The van der Waals surface area contributed by atoms with Crippen molar-refractivity contribution in [3.05, 3.63) is 18.1 Å². The maximum Gasteiger partial charge on any atom is 0.257 e. The van der Waals surface area contributed by atoms with Crippen molar-refractivity contribution in [3.8, 4) is 0 Å². The highest BCUT2D eigenvalue weighted by molar-refractivity contribution is 5.14. The van der Waals surface area contributed by atoms with Gasteiger partial charge in [-0.1, -0.05) is 6.08 Å². The molecular weight excluding hydrogens is 132 g/mol. The standard InChI is InChI=1S/C7H12O3/c1-6(8-2)5-7(9-3)10-4/h5H,2H2,1,3-4H3. The predicted octanol–water partition coefficient (Wildman–Crippen LogP) is 1.04. The second kappa shape index (κ2) is 5.02. The molecule has 0 radical (unpaired) electrons. The summed E-state index contributed by atoms with van der Waals surface area (Å²) in [4.78, 5) is 0. The lowest BCUT2D eigenvalue weighted by Crippen LogP contribution is -1.99.